The van der Waals surface area contributed by atoms with Crippen molar-refractivity contribution in [3.63, 3.8) is 0 Å². The summed E-state index contributed by atoms with van der Waals surface area (Å²) in [6.45, 7) is 3.80. The minimum absolute atomic E-state index is 0.657. The van der Waals surface area contributed by atoms with Crippen molar-refractivity contribution in [2.75, 3.05) is 38.8 Å². The van der Waals surface area contributed by atoms with E-state index in [1.54, 1.807) is 0 Å². The topological polar surface area (TPSA) is 24.5 Å². The highest BCUT2D eigenvalue weighted by molar-refractivity contribution is 9.10. The minimum Gasteiger partial charge on any atom is -0.381 e. The molecule has 1 aliphatic heterocycles. The lowest BCUT2D eigenvalue weighted by atomic mass is 10.0. The van der Waals surface area contributed by atoms with Crippen LogP contribution in [-0.2, 0) is 11.3 Å². The van der Waals surface area contributed by atoms with Crippen molar-refractivity contribution in [3.8, 4) is 0 Å². The van der Waals surface area contributed by atoms with Crippen LogP contribution in [0.3, 0.4) is 0 Å². The summed E-state index contributed by atoms with van der Waals surface area (Å²) in [6, 6.07) is 6.50. The molecule has 0 aromatic heterocycles. The summed E-state index contributed by atoms with van der Waals surface area (Å²) in [4.78, 5) is 2.36. The Morgan fingerprint density at radius 3 is 3.00 bits per heavy atom. The van der Waals surface area contributed by atoms with E-state index in [0.29, 0.717) is 5.92 Å². The van der Waals surface area contributed by atoms with Crippen LogP contribution in [0.2, 0.25) is 0 Å². The molecule has 106 valence electrons. The predicted octanol–water partition coefficient (Wildman–Crippen LogP) is 3.03. The summed E-state index contributed by atoms with van der Waals surface area (Å²) in [5.74, 6) is 0.657. The van der Waals surface area contributed by atoms with Gasteiger partial charge in [0, 0.05) is 36.9 Å². The van der Waals surface area contributed by atoms with E-state index in [-0.39, 0.29) is 0 Å². The maximum Gasteiger partial charge on any atom is 0.0511 e. The summed E-state index contributed by atoms with van der Waals surface area (Å²) in [5, 5.41) is 3.24. The van der Waals surface area contributed by atoms with Crippen LogP contribution in [0.1, 0.15) is 18.4 Å². The molecule has 0 radical (unpaired) electrons. The average Bonchev–Trinajstić information content (AvgIpc) is 2.40. The first-order valence-corrected chi connectivity index (χ1v) is 7.72. The van der Waals surface area contributed by atoms with Gasteiger partial charge in [0.1, 0.15) is 0 Å². The molecule has 1 aromatic carbocycles. The molecule has 1 N–H and O–H groups in total. The summed E-state index contributed by atoms with van der Waals surface area (Å²) >= 11 is 3.55. The van der Waals surface area contributed by atoms with Crippen LogP contribution in [0, 0.1) is 5.92 Å². The van der Waals surface area contributed by atoms with Gasteiger partial charge in [-0.1, -0.05) is 15.9 Å². The van der Waals surface area contributed by atoms with Crippen molar-refractivity contribution < 1.29 is 4.74 Å². The quantitative estimate of drug-likeness (QED) is 0.900. The Bertz CT molecular complexity index is 405. The second kappa shape index (κ2) is 7.27. The summed E-state index contributed by atoms with van der Waals surface area (Å²) < 4.78 is 6.70. The molecule has 4 heteroatoms. The Balaban J connectivity index is 2.06. The number of hydrogen-bond donors (Lipinski definition) is 1. The molecule has 19 heavy (non-hydrogen) atoms. The van der Waals surface area contributed by atoms with E-state index in [4.69, 9.17) is 4.74 Å². The van der Waals surface area contributed by atoms with Gasteiger partial charge in [-0.2, -0.15) is 0 Å². The zero-order valence-electron chi connectivity index (χ0n) is 11.8. The first kappa shape index (κ1) is 14.8. The van der Waals surface area contributed by atoms with Gasteiger partial charge in [-0.15, -0.1) is 0 Å². The van der Waals surface area contributed by atoms with Crippen molar-refractivity contribution in [2.24, 2.45) is 5.92 Å². The molecule has 3 nitrogen and oxygen atoms in total. The van der Waals surface area contributed by atoms with Gasteiger partial charge >= 0.3 is 0 Å². The van der Waals surface area contributed by atoms with E-state index >= 15 is 0 Å². The third-order valence-electron chi connectivity index (χ3n) is 3.61. The maximum atomic E-state index is 5.57. The highest BCUT2D eigenvalue weighted by Gasteiger charge is 2.17. The van der Waals surface area contributed by atoms with Gasteiger partial charge in [-0.3, -0.25) is 0 Å². The lowest BCUT2D eigenvalue weighted by molar-refractivity contribution is 0.0576. The van der Waals surface area contributed by atoms with Crippen LogP contribution in [0.4, 0.5) is 5.69 Å². The molecule has 1 heterocycles. The largest absolute Gasteiger partial charge is 0.381 e. The molecule has 1 aliphatic rings. The van der Waals surface area contributed by atoms with Gasteiger partial charge in [0.25, 0.3) is 0 Å². The van der Waals surface area contributed by atoms with Crippen LogP contribution in [-0.4, -0.2) is 33.9 Å². The monoisotopic (exact) mass is 326 g/mol. The molecule has 0 bridgehead atoms. The minimum atomic E-state index is 0.657. The Hall–Kier alpha value is -0.580. The number of ether oxygens (including phenoxy) is 1. The molecule has 1 aromatic rings. The molecule has 1 saturated heterocycles. The van der Waals surface area contributed by atoms with Crippen molar-refractivity contribution in [3.05, 3.63) is 28.2 Å². The zero-order chi connectivity index (χ0) is 13.7. The molecular formula is C15H23BrN2O. The fourth-order valence-corrected chi connectivity index (χ4v) is 3.10. The fourth-order valence-electron chi connectivity index (χ4n) is 2.70. The first-order chi connectivity index (χ1) is 9.20. The number of anilines is 1. The van der Waals surface area contributed by atoms with E-state index in [1.807, 2.05) is 7.05 Å². The zero-order valence-corrected chi connectivity index (χ0v) is 13.4. The van der Waals surface area contributed by atoms with E-state index in [9.17, 15) is 0 Å². The van der Waals surface area contributed by atoms with Crippen molar-refractivity contribution in [1.29, 1.82) is 0 Å². The van der Waals surface area contributed by atoms with Gasteiger partial charge < -0.3 is 15.0 Å². The van der Waals surface area contributed by atoms with E-state index < -0.39 is 0 Å². The number of rotatable bonds is 5. The third-order valence-corrected chi connectivity index (χ3v) is 4.10. The molecule has 0 aliphatic carbocycles. The van der Waals surface area contributed by atoms with Gasteiger partial charge in [0.2, 0.25) is 0 Å². The summed E-state index contributed by atoms with van der Waals surface area (Å²) in [5.41, 5.74) is 2.64. The van der Waals surface area contributed by atoms with E-state index in [1.165, 1.54) is 24.1 Å². The Kier molecular flexibility index (Phi) is 5.67. The number of nitrogens with zero attached hydrogens (tertiary/aromatic N) is 1. The second-order valence-corrected chi connectivity index (χ2v) is 6.18. The molecule has 0 amide bonds. The van der Waals surface area contributed by atoms with Gasteiger partial charge in [-0.25, -0.2) is 0 Å². The SMILES string of the molecule is CNCc1cc(Br)ccc1N(C)CC1CCCOC1. The predicted molar refractivity (Wildman–Crippen MR) is 83.7 cm³/mol. The molecule has 1 unspecified atom stereocenters. The number of hydrogen-bond acceptors (Lipinski definition) is 3. The van der Waals surface area contributed by atoms with Crippen LogP contribution in [0.25, 0.3) is 0 Å². The average molecular weight is 327 g/mol. The van der Waals surface area contributed by atoms with Gasteiger partial charge in [0.05, 0.1) is 6.61 Å². The van der Waals surface area contributed by atoms with Gasteiger partial charge in [-0.05, 0) is 49.6 Å². The Morgan fingerprint density at radius 2 is 2.32 bits per heavy atom. The second-order valence-electron chi connectivity index (χ2n) is 5.27. The van der Waals surface area contributed by atoms with E-state index in [0.717, 1.165) is 30.8 Å². The van der Waals surface area contributed by atoms with Crippen LogP contribution >= 0.6 is 15.9 Å². The number of nitrogens with one attached hydrogen (secondary N) is 1. The third kappa shape index (κ3) is 4.20. The normalized spacial score (nSPS) is 19.4. The lowest BCUT2D eigenvalue weighted by Gasteiger charge is -2.29. The standard InChI is InChI=1S/C15H23BrN2O/c1-17-9-13-8-14(16)5-6-15(13)18(2)10-12-4-3-7-19-11-12/h5-6,8,12,17H,3-4,7,9-11H2,1-2H3. The van der Waals surface area contributed by atoms with Crippen molar-refractivity contribution in [2.45, 2.75) is 19.4 Å². The highest BCUT2D eigenvalue weighted by atomic mass is 79.9. The number of benzene rings is 1. The highest BCUT2D eigenvalue weighted by Crippen LogP contribution is 2.25. The Labute approximate surface area is 124 Å². The fraction of sp³-hybridized carbons (Fsp3) is 0.600. The number of halogens is 1. The van der Waals surface area contributed by atoms with Crippen LogP contribution in [0.5, 0.6) is 0 Å². The smallest absolute Gasteiger partial charge is 0.0511 e. The lowest BCUT2D eigenvalue weighted by Crippen LogP contribution is -2.31. The maximum absolute atomic E-state index is 5.57. The molecule has 0 spiro atoms. The van der Waals surface area contributed by atoms with E-state index in [2.05, 4.69) is 51.4 Å². The van der Waals surface area contributed by atoms with Crippen molar-refractivity contribution in [1.82, 2.24) is 5.32 Å². The first-order valence-electron chi connectivity index (χ1n) is 6.92. The molecule has 0 saturated carbocycles. The summed E-state index contributed by atoms with van der Waals surface area (Å²) in [7, 11) is 4.16. The van der Waals surface area contributed by atoms with Crippen LogP contribution < -0.4 is 10.2 Å². The van der Waals surface area contributed by atoms with Crippen molar-refractivity contribution >= 4 is 21.6 Å². The summed E-state index contributed by atoms with van der Waals surface area (Å²) in [6.07, 6.45) is 2.48. The molecule has 1 fully saturated rings. The molecule has 2 rings (SSSR count). The van der Waals surface area contributed by atoms with Crippen LogP contribution in [0.15, 0.2) is 22.7 Å². The Morgan fingerprint density at radius 1 is 1.47 bits per heavy atom. The molecule has 1 atom stereocenters. The van der Waals surface area contributed by atoms with Gasteiger partial charge in [0.15, 0.2) is 0 Å². The molecular weight excluding hydrogens is 304 g/mol.